The molecule has 3 nitrogen and oxygen atoms in total. The third kappa shape index (κ3) is 11.4. The van der Waals surface area contributed by atoms with E-state index in [1.54, 1.807) is 0 Å². The van der Waals surface area contributed by atoms with E-state index in [1.807, 2.05) is 0 Å². The number of aryl methyl sites for hydroxylation is 2. The largest absolute Gasteiger partial charge is 0.550 e. The molecule has 1 heterocycles. The molecule has 1 aromatic rings. The SMILES string of the molecule is CC(=O)[O-].CCCCCCCC[n+]1ccccc1C. The van der Waals surface area contributed by atoms with Gasteiger partial charge in [0.2, 0.25) is 0 Å². The van der Waals surface area contributed by atoms with Gasteiger partial charge >= 0.3 is 0 Å². The van der Waals surface area contributed by atoms with Crippen molar-refractivity contribution in [2.24, 2.45) is 0 Å². The van der Waals surface area contributed by atoms with Crippen molar-refractivity contribution >= 4 is 5.97 Å². The minimum atomic E-state index is -1.08. The first-order valence-corrected chi connectivity index (χ1v) is 7.20. The van der Waals surface area contributed by atoms with Gasteiger partial charge in [0, 0.05) is 31.4 Å². The summed E-state index contributed by atoms with van der Waals surface area (Å²) < 4.78 is 2.35. The zero-order valence-corrected chi connectivity index (χ0v) is 12.5. The molecular weight excluding hydrogens is 238 g/mol. The van der Waals surface area contributed by atoms with Crippen molar-refractivity contribution in [3.8, 4) is 0 Å². The van der Waals surface area contributed by atoms with Crippen LogP contribution in [0.4, 0.5) is 0 Å². The summed E-state index contributed by atoms with van der Waals surface area (Å²) in [6, 6.07) is 6.40. The van der Waals surface area contributed by atoms with Crippen LogP contribution in [0.5, 0.6) is 0 Å². The molecule has 0 aromatic carbocycles. The molecule has 0 atom stereocenters. The summed E-state index contributed by atoms with van der Waals surface area (Å²) in [5.41, 5.74) is 1.37. The van der Waals surface area contributed by atoms with Crippen molar-refractivity contribution in [1.82, 2.24) is 0 Å². The molecule has 3 heteroatoms. The van der Waals surface area contributed by atoms with Crippen LogP contribution >= 0.6 is 0 Å². The van der Waals surface area contributed by atoms with Crippen molar-refractivity contribution in [2.75, 3.05) is 0 Å². The van der Waals surface area contributed by atoms with Gasteiger partial charge < -0.3 is 9.90 Å². The first-order valence-electron chi connectivity index (χ1n) is 7.20. The number of hydrogen-bond acceptors (Lipinski definition) is 2. The molecule has 0 aliphatic carbocycles. The maximum absolute atomic E-state index is 8.89. The van der Waals surface area contributed by atoms with E-state index in [9.17, 15) is 0 Å². The molecule has 0 fully saturated rings. The number of pyridine rings is 1. The Morgan fingerprint density at radius 1 is 1.16 bits per heavy atom. The standard InChI is InChI=1S/C14H24N.C2H4O2/c1-3-4-5-6-7-9-12-15-13-10-8-11-14(15)2;1-2(3)4/h8,10-11,13H,3-7,9,12H2,1-2H3;1H3,(H,3,4)/q+1;/p-1. The Labute approximate surface area is 117 Å². The highest BCUT2D eigenvalue weighted by Crippen LogP contribution is 2.04. The maximum Gasteiger partial charge on any atom is 0.178 e. The van der Waals surface area contributed by atoms with Crippen LogP contribution in [0.2, 0.25) is 0 Å². The van der Waals surface area contributed by atoms with Crippen LogP contribution in [-0.2, 0) is 11.3 Å². The molecule has 0 aliphatic heterocycles. The lowest BCUT2D eigenvalue weighted by Gasteiger charge is -2.00. The third-order valence-electron chi connectivity index (χ3n) is 2.92. The second kappa shape index (κ2) is 11.7. The van der Waals surface area contributed by atoms with Gasteiger partial charge in [-0.15, -0.1) is 0 Å². The molecule has 1 aromatic heterocycles. The minimum absolute atomic E-state index is 0.972. The summed E-state index contributed by atoms with van der Waals surface area (Å²) in [4.78, 5) is 8.89. The van der Waals surface area contributed by atoms with Gasteiger partial charge in [0.15, 0.2) is 11.9 Å². The van der Waals surface area contributed by atoms with Crippen molar-refractivity contribution in [3.05, 3.63) is 30.1 Å². The zero-order chi connectivity index (χ0) is 14.5. The van der Waals surface area contributed by atoms with Gasteiger partial charge in [-0.1, -0.05) is 38.7 Å². The summed E-state index contributed by atoms with van der Waals surface area (Å²) in [6.07, 6.45) is 10.4. The molecule has 19 heavy (non-hydrogen) atoms. The van der Waals surface area contributed by atoms with E-state index in [-0.39, 0.29) is 0 Å². The molecule has 0 saturated carbocycles. The number of aromatic nitrogens is 1. The molecular formula is C16H27NO2. The van der Waals surface area contributed by atoms with Crippen LogP contribution in [0.3, 0.4) is 0 Å². The zero-order valence-electron chi connectivity index (χ0n) is 12.5. The number of carboxylic acid groups (broad SMARTS) is 1. The average molecular weight is 265 g/mol. The van der Waals surface area contributed by atoms with Crippen LogP contribution in [-0.4, -0.2) is 5.97 Å². The van der Waals surface area contributed by atoms with E-state index in [4.69, 9.17) is 9.90 Å². The van der Waals surface area contributed by atoms with Crippen molar-refractivity contribution in [3.63, 3.8) is 0 Å². The van der Waals surface area contributed by atoms with Gasteiger partial charge in [-0.2, -0.15) is 0 Å². The molecule has 108 valence electrons. The van der Waals surface area contributed by atoms with Crippen molar-refractivity contribution in [2.45, 2.75) is 65.8 Å². The Balaban J connectivity index is 0.000000711. The summed E-state index contributed by atoms with van der Waals surface area (Å²) >= 11 is 0. The Morgan fingerprint density at radius 2 is 1.74 bits per heavy atom. The van der Waals surface area contributed by atoms with Crippen LogP contribution in [0.15, 0.2) is 24.4 Å². The quantitative estimate of drug-likeness (QED) is 0.561. The molecule has 0 N–H and O–H groups in total. The molecule has 0 unspecified atom stereocenters. The number of carbonyl (C=O) groups is 1. The number of aliphatic carboxylic acids is 1. The lowest BCUT2D eigenvalue weighted by Crippen LogP contribution is -2.36. The molecule has 0 amide bonds. The number of carbonyl (C=O) groups excluding carboxylic acids is 1. The Hall–Kier alpha value is -1.38. The number of nitrogens with zero attached hydrogens (tertiary/aromatic N) is 1. The van der Waals surface area contributed by atoms with E-state index in [2.05, 4.69) is 42.8 Å². The third-order valence-corrected chi connectivity index (χ3v) is 2.92. The fourth-order valence-corrected chi connectivity index (χ4v) is 1.88. The monoisotopic (exact) mass is 265 g/mol. The average Bonchev–Trinajstić information content (AvgIpc) is 2.35. The minimum Gasteiger partial charge on any atom is -0.550 e. The first kappa shape index (κ1) is 17.6. The number of unbranched alkanes of at least 4 members (excludes halogenated alkanes) is 5. The smallest absolute Gasteiger partial charge is 0.178 e. The Kier molecular flexibility index (Phi) is 10.8. The normalized spacial score (nSPS) is 9.63. The highest BCUT2D eigenvalue weighted by molar-refractivity contribution is 5.60. The van der Waals surface area contributed by atoms with Crippen molar-refractivity contribution in [1.29, 1.82) is 0 Å². The highest BCUT2D eigenvalue weighted by Gasteiger charge is 2.02. The molecule has 0 spiro atoms. The van der Waals surface area contributed by atoms with Crippen LogP contribution in [0.1, 0.15) is 58.1 Å². The maximum atomic E-state index is 8.89. The fraction of sp³-hybridized carbons (Fsp3) is 0.625. The molecule has 1 rings (SSSR count). The summed E-state index contributed by atoms with van der Waals surface area (Å²) in [7, 11) is 0. The number of hydrogen-bond donors (Lipinski definition) is 0. The predicted molar refractivity (Wildman–Crippen MR) is 75.4 cm³/mol. The molecule has 0 bridgehead atoms. The lowest BCUT2D eigenvalue weighted by atomic mass is 10.1. The van der Waals surface area contributed by atoms with E-state index in [1.165, 1.54) is 50.8 Å². The van der Waals surface area contributed by atoms with Gasteiger partial charge in [-0.3, -0.25) is 0 Å². The molecule has 0 aliphatic rings. The van der Waals surface area contributed by atoms with Gasteiger partial charge in [-0.05, 0) is 13.3 Å². The number of rotatable bonds is 7. The highest BCUT2D eigenvalue weighted by atomic mass is 16.4. The Bertz CT molecular complexity index is 346. The lowest BCUT2D eigenvalue weighted by molar-refractivity contribution is -0.703. The second-order valence-corrected chi connectivity index (χ2v) is 4.79. The molecule has 0 radical (unpaired) electrons. The van der Waals surface area contributed by atoms with Crippen molar-refractivity contribution < 1.29 is 14.5 Å². The van der Waals surface area contributed by atoms with E-state index >= 15 is 0 Å². The van der Waals surface area contributed by atoms with Crippen LogP contribution < -0.4 is 9.67 Å². The van der Waals surface area contributed by atoms with Crippen LogP contribution in [0.25, 0.3) is 0 Å². The summed E-state index contributed by atoms with van der Waals surface area (Å²) in [5.74, 6) is -1.08. The second-order valence-electron chi connectivity index (χ2n) is 4.79. The first-order chi connectivity index (χ1) is 9.07. The summed E-state index contributed by atoms with van der Waals surface area (Å²) in [6.45, 7) is 6.60. The van der Waals surface area contributed by atoms with Gasteiger partial charge in [0.1, 0.15) is 6.54 Å². The predicted octanol–water partition coefficient (Wildman–Crippen LogP) is 2.40. The van der Waals surface area contributed by atoms with Gasteiger partial charge in [0.05, 0.1) is 0 Å². The van der Waals surface area contributed by atoms with E-state index in [0.29, 0.717) is 0 Å². The topological polar surface area (TPSA) is 44.0 Å². The number of carboxylic acids is 1. The van der Waals surface area contributed by atoms with Gasteiger partial charge in [-0.25, -0.2) is 4.57 Å². The molecule has 0 saturated heterocycles. The Morgan fingerprint density at radius 3 is 2.32 bits per heavy atom. The van der Waals surface area contributed by atoms with Crippen LogP contribution in [0, 0.1) is 6.92 Å². The summed E-state index contributed by atoms with van der Waals surface area (Å²) in [5, 5.41) is 8.89. The fourth-order valence-electron chi connectivity index (χ4n) is 1.88. The van der Waals surface area contributed by atoms with E-state index < -0.39 is 5.97 Å². The van der Waals surface area contributed by atoms with Gasteiger partial charge in [0.25, 0.3) is 0 Å². The van der Waals surface area contributed by atoms with E-state index in [0.717, 1.165) is 6.92 Å².